The van der Waals surface area contributed by atoms with Crippen molar-refractivity contribution >= 4 is 6.21 Å². The molecule has 1 aliphatic rings. The number of ether oxygens (including phenoxy) is 3. The minimum absolute atomic E-state index is 0.129. The van der Waals surface area contributed by atoms with Crippen LogP contribution in [0.15, 0.2) is 65.0 Å². The van der Waals surface area contributed by atoms with Gasteiger partial charge in [-0.15, -0.1) is 12.3 Å². The molecule has 0 aromatic heterocycles. The molecule has 0 amide bonds. The third-order valence-electron chi connectivity index (χ3n) is 4.55. The second-order valence-electron chi connectivity index (χ2n) is 7.57. The van der Waals surface area contributed by atoms with E-state index < -0.39 is 11.7 Å². The van der Waals surface area contributed by atoms with Crippen LogP contribution in [-0.4, -0.2) is 49.7 Å². The summed E-state index contributed by atoms with van der Waals surface area (Å²) in [5, 5.41) is 5.74. The van der Waals surface area contributed by atoms with E-state index in [4.69, 9.17) is 14.2 Å². The largest absolute Gasteiger partial charge is 0.462 e. The molecule has 5 nitrogen and oxygen atoms in total. The molecule has 0 atom stereocenters. The summed E-state index contributed by atoms with van der Waals surface area (Å²) < 4.78 is 45.9. The Morgan fingerprint density at radius 3 is 2.23 bits per heavy atom. The first-order valence-electron chi connectivity index (χ1n) is 11.5. The van der Waals surface area contributed by atoms with Crippen molar-refractivity contribution in [1.82, 2.24) is 5.01 Å². The highest BCUT2D eigenvalue weighted by Crippen LogP contribution is 2.39. The van der Waals surface area contributed by atoms with E-state index in [0.717, 1.165) is 12.5 Å². The highest BCUT2D eigenvalue weighted by Gasteiger charge is 2.46. The zero-order chi connectivity index (χ0) is 27.1. The zero-order valence-corrected chi connectivity index (χ0v) is 22.3. The third kappa shape index (κ3) is 10.9. The zero-order valence-electron chi connectivity index (χ0n) is 22.3. The number of alkyl halides is 2. The van der Waals surface area contributed by atoms with Gasteiger partial charge in [-0.2, -0.15) is 5.10 Å². The summed E-state index contributed by atoms with van der Waals surface area (Å²) in [7, 11) is 1.72. The number of nitrogens with zero attached hydrogens (tertiary/aromatic N) is 2. The summed E-state index contributed by atoms with van der Waals surface area (Å²) in [6, 6.07) is 7.56. The van der Waals surface area contributed by atoms with Crippen LogP contribution in [0.1, 0.15) is 47.1 Å². The summed E-state index contributed by atoms with van der Waals surface area (Å²) in [5.74, 6) is -1.13. The van der Waals surface area contributed by atoms with E-state index >= 15 is 0 Å². The summed E-state index contributed by atoms with van der Waals surface area (Å²) in [5.41, 5.74) is 0.888. The molecule has 0 bridgehead atoms. The monoisotopic (exact) mass is 490 g/mol. The highest BCUT2D eigenvalue weighted by molar-refractivity contribution is 5.52. The van der Waals surface area contributed by atoms with Crippen LogP contribution in [0.5, 0.6) is 5.75 Å². The maximum Gasteiger partial charge on any atom is 0.270 e. The number of likely N-dealkylation sites (N-methyl/N-ethyl adjacent to an activating group) is 1. The molecular formula is C28H40F2N2O3. The molecule has 7 heteroatoms. The van der Waals surface area contributed by atoms with E-state index in [1.54, 1.807) is 45.1 Å². The van der Waals surface area contributed by atoms with Gasteiger partial charge in [-0.1, -0.05) is 38.1 Å². The smallest absolute Gasteiger partial charge is 0.270 e. The van der Waals surface area contributed by atoms with Crippen molar-refractivity contribution in [3.8, 4) is 18.1 Å². The second kappa shape index (κ2) is 15.9. The third-order valence-corrected chi connectivity index (χ3v) is 4.55. The van der Waals surface area contributed by atoms with Gasteiger partial charge in [-0.25, -0.2) is 8.78 Å². The van der Waals surface area contributed by atoms with E-state index in [1.165, 1.54) is 6.08 Å². The number of allylic oxidation sites excluding steroid dienone is 3. The Bertz CT molecular complexity index is 902. The first-order chi connectivity index (χ1) is 16.5. The molecule has 0 spiro atoms. The number of benzene rings is 1. The van der Waals surface area contributed by atoms with Crippen molar-refractivity contribution < 1.29 is 23.0 Å². The molecule has 0 radical (unpaired) electrons. The first-order valence-corrected chi connectivity index (χ1v) is 11.5. The molecule has 0 aliphatic carbocycles. The number of aryl methyl sites for hydroxylation is 1. The molecule has 0 saturated carbocycles. The van der Waals surface area contributed by atoms with Gasteiger partial charge in [0.2, 0.25) is 5.79 Å². The van der Waals surface area contributed by atoms with Gasteiger partial charge in [0.05, 0.1) is 19.8 Å². The van der Waals surface area contributed by atoms with Crippen molar-refractivity contribution in [2.24, 2.45) is 5.10 Å². The van der Waals surface area contributed by atoms with Crippen LogP contribution >= 0.6 is 0 Å². The van der Waals surface area contributed by atoms with Gasteiger partial charge in [-0.05, 0) is 52.0 Å². The van der Waals surface area contributed by atoms with E-state index in [2.05, 4.69) is 24.0 Å². The lowest BCUT2D eigenvalue weighted by molar-refractivity contribution is -0.139. The van der Waals surface area contributed by atoms with Crippen molar-refractivity contribution in [3.05, 3.63) is 65.5 Å². The molecule has 1 aromatic carbocycles. The average Bonchev–Trinajstić information content (AvgIpc) is 3.26. The summed E-state index contributed by atoms with van der Waals surface area (Å²) >= 11 is 0. The number of halogens is 2. The lowest BCUT2D eigenvalue weighted by Gasteiger charge is -2.35. The summed E-state index contributed by atoms with van der Waals surface area (Å²) in [4.78, 5) is 0. The van der Waals surface area contributed by atoms with Gasteiger partial charge in [0.25, 0.3) is 5.92 Å². The molecule has 1 saturated heterocycles. The predicted octanol–water partition coefficient (Wildman–Crippen LogP) is 6.76. The average molecular weight is 491 g/mol. The van der Waals surface area contributed by atoms with E-state index in [9.17, 15) is 8.78 Å². The highest BCUT2D eigenvalue weighted by atomic mass is 19.3. The van der Waals surface area contributed by atoms with Gasteiger partial charge in [0, 0.05) is 31.3 Å². The Labute approximate surface area is 210 Å². The van der Waals surface area contributed by atoms with Crippen LogP contribution in [0, 0.1) is 19.3 Å². The molecule has 1 heterocycles. The van der Waals surface area contributed by atoms with E-state index in [1.807, 2.05) is 45.0 Å². The van der Waals surface area contributed by atoms with Crippen molar-refractivity contribution in [2.45, 2.75) is 60.2 Å². The van der Waals surface area contributed by atoms with Crippen LogP contribution in [0.4, 0.5) is 8.78 Å². The summed E-state index contributed by atoms with van der Waals surface area (Å²) in [6.45, 7) is 16.3. The van der Waals surface area contributed by atoms with Gasteiger partial charge in [-0.3, -0.25) is 5.01 Å². The number of hydrogen-bond acceptors (Lipinski definition) is 5. The van der Waals surface area contributed by atoms with Crippen LogP contribution in [0.3, 0.4) is 0 Å². The van der Waals surface area contributed by atoms with Crippen LogP contribution < -0.4 is 4.74 Å². The fourth-order valence-corrected chi connectivity index (χ4v) is 3.05. The molecule has 2 rings (SSSR count). The lowest BCUT2D eigenvalue weighted by atomic mass is 9.93. The molecule has 35 heavy (non-hydrogen) atoms. The number of rotatable bonds is 9. The minimum Gasteiger partial charge on any atom is -0.462 e. The Morgan fingerprint density at radius 2 is 1.77 bits per heavy atom. The molecule has 194 valence electrons. The first kappa shape index (κ1) is 32.0. The van der Waals surface area contributed by atoms with Crippen LogP contribution in [-0.2, 0) is 9.47 Å². The van der Waals surface area contributed by atoms with Crippen molar-refractivity contribution in [2.75, 3.05) is 26.8 Å². The van der Waals surface area contributed by atoms with E-state index in [-0.39, 0.29) is 30.9 Å². The van der Waals surface area contributed by atoms with Gasteiger partial charge in [0.15, 0.2) is 0 Å². The molecule has 1 aliphatic heterocycles. The number of terminal acetylenes is 1. The van der Waals surface area contributed by atoms with E-state index in [0.29, 0.717) is 11.5 Å². The maximum atomic E-state index is 14.2. The van der Waals surface area contributed by atoms with Gasteiger partial charge >= 0.3 is 0 Å². The van der Waals surface area contributed by atoms with Crippen LogP contribution in [0.25, 0.3) is 0 Å². The van der Waals surface area contributed by atoms with Crippen molar-refractivity contribution in [1.29, 1.82) is 0 Å². The molecular weight excluding hydrogens is 450 g/mol. The topological polar surface area (TPSA) is 43.3 Å². The number of hydrogen-bond donors (Lipinski definition) is 0. The lowest BCUT2D eigenvalue weighted by Crippen LogP contribution is -2.44. The Hall–Kier alpha value is -2.95. The minimum atomic E-state index is -3.15. The second-order valence-corrected chi connectivity index (χ2v) is 7.57. The molecule has 1 fully saturated rings. The predicted molar refractivity (Wildman–Crippen MR) is 141 cm³/mol. The number of hydrazone groups is 1. The molecule has 0 N–H and O–H groups in total. The molecule has 0 unspecified atom stereocenters. The SMILES string of the molecule is C#CC.C=C(/C(=C\C=C(/C)Oc1ccc(C)cc1)C1(CN(C)/N=C\C)OCCO1)C(C)(F)F.CC. The Morgan fingerprint density at radius 1 is 1.26 bits per heavy atom. The standard InChI is InChI=1S/C23H30F2N2O3.C3H4.C2H6/c1-7-26-27(6)16-23(28-14-15-29-23)21(19(4)22(5,24)25)13-10-18(3)30-20-11-8-17(2)9-12-20;1-3-2;1-2/h7-13H,4,14-16H2,1-3,5-6H3;1H,2H3;1-2H3/b18-10+,21-13+,26-7-;;. The normalized spacial score (nSPS) is 15.3. The Balaban J connectivity index is 0.00000214. The molecule has 1 aromatic rings. The Kier molecular flexibility index (Phi) is 14.5. The fraction of sp³-hybridized carbons (Fsp3) is 0.464. The summed E-state index contributed by atoms with van der Waals surface area (Å²) in [6.07, 6.45) is 9.34. The van der Waals surface area contributed by atoms with Gasteiger partial charge in [0.1, 0.15) is 11.5 Å². The quantitative estimate of drug-likeness (QED) is 0.126. The van der Waals surface area contributed by atoms with Crippen LogP contribution in [0.2, 0.25) is 0 Å². The maximum absolute atomic E-state index is 14.2. The van der Waals surface area contributed by atoms with Gasteiger partial charge < -0.3 is 14.2 Å². The fourth-order valence-electron chi connectivity index (χ4n) is 3.05. The van der Waals surface area contributed by atoms with Crippen molar-refractivity contribution in [3.63, 3.8) is 0 Å².